The van der Waals surface area contributed by atoms with Crippen molar-refractivity contribution >= 4 is 15.9 Å². The fourth-order valence-corrected chi connectivity index (χ4v) is 4.76. The Hall–Kier alpha value is -0.300. The second-order valence-electron chi connectivity index (χ2n) is 5.78. The Labute approximate surface area is 113 Å². The summed E-state index contributed by atoms with van der Waals surface area (Å²) in [5.74, 6) is 3.76. The molecule has 2 aliphatic carbocycles. The van der Waals surface area contributed by atoms with Crippen molar-refractivity contribution in [2.45, 2.75) is 38.0 Å². The Morgan fingerprint density at radius 3 is 2.47 bits per heavy atom. The van der Waals surface area contributed by atoms with E-state index in [1.54, 1.807) is 5.56 Å². The van der Waals surface area contributed by atoms with E-state index in [2.05, 4.69) is 46.3 Å². The molecule has 0 nitrogen and oxygen atoms in total. The summed E-state index contributed by atoms with van der Waals surface area (Å²) in [5, 5.41) is 1.21. The number of rotatable bonds is 4. The van der Waals surface area contributed by atoms with Crippen molar-refractivity contribution in [3.63, 3.8) is 0 Å². The first-order valence-electron chi connectivity index (χ1n) is 7.01. The van der Waals surface area contributed by atoms with Crippen LogP contribution in [-0.4, -0.2) is 5.33 Å². The summed E-state index contributed by atoms with van der Waals surface area (Å²) < 4.78 is 0. The molecular weight excluding hydrogens is 272 g/mol. The number of hydrogen-bond donors (Lipinski definition) is 0. The molecule has 2 saturated carbocycles. The zero-order valence-electron chi connectivity index (χ0n) is 10.3. The minimum Gasteiger partial charge on any atom is -0.0925 e. The van der Waals surface area contributed by atoms with E-state index >= 15 is 0 Å². The molecule has 0 aromatic heterocycles. The predicted molar refractivity (Wildman–Crippen MR) is 76.5 cm³/mol. The third-order valence-corrected chi connectivity index (χ3v) is 5.55. The standard InChI is InChI=1S/C16H21Br/c17-11-16(13-8-4-5-9-13)15-10-14(15)12-6-2-1-3-7-12/h1-3,6-7,13-16H,4-5,8-11H2. The van der Waals surface area contributed by atoms with Gasteiger partial charge in [0.15, 0.2) is 0 Å². The van der Waals surface area contributed by atoms with E-state index in [1.807, 2.05) is 0 Å². The van der Waals surface area contributed by atoms with Crippen LogP contribution < -0.4 is 0 Å². The lowest BCUT2D eigenvalue weighted by molar-refractivity contribution is 0.331. The molecule has 1 aromatic carbocycles. The minimum absolute atomic E-state index is 0.861. The number of hydrogen-bond acceptors (Lipinski definition) is 0. The van der Waals surface area contributed by atoms with Crippen LogP contribution in [0.3, 0.4) is 0 Å². The number of benzene rings is 1. The number of halogens is 1. The van der Waals surface area contributed by atoms with Gasteiger partial charge in [0.2, 0.25) is 0 Å². The Balaban J connectivity index is 1.66. The van der Waals surface area contributed by atoms with Crippen molar-refractivity contribution < 1.29 is 0 Å². The first kappa shape index (κ1) is 11.8. The summed E-state index contributed by atoms with van der Waals surface area (Å²) in [6.07, 6.45) is 7.33. The van der Waals surface area contributed by atoms with Crippen LogP contribution in [0.1, 0.15) is 43.6 Å². The molecule has 2 aliphatic rings. The molecule has 17 heavy (non-hydrogen) atoms. The Morgan fingerprint density at radius 2 is 1.82 bits per heavy atom. The molecule has 0 radical (unpaired) electrons. The third kappa shape index (κ3) is 2.45. The molecule has 3 atom stereocenters. The maximum absolute atomic E-state index is 3.77. The monoisotopic (exact) mass is 292 g/mol. The number of alkyl halides is 1. The van der Waals surface area contributed by atoms with Gasteiger partial charge in [0, 0.05) is 5.33 Å². The molecule has 0 spiro atoms. The minimum atomic E-state index is 0.861. The van der Waals surface area contributed by atoms with Crippen molar-refractivity contribution in [2.24, 2.45) is 17.8 Å². The average molecular weight is 293 g/mol. The quantitative estimate of drug-likeness (QED) is 0.686. The van der Waals surface area contributed by atoms with E-state index in [9.17, 15) is 0 Å². The van der Waals surface area contributed by atoms with Crippen LogP contribution in [-0.2, 0) is 0 Å². The van der Waals surface area contributed by atoms with Crippen molar-refractivity contribution in [3.05, 3.63) is 35.9 Å². The lowest BCUT2D eigenvalue weighted by Gasteiger charge is -2.21. The SMILES string of the molecule is BrCC(C1CCCC1)C1CC1c1ccccc1. The highest BCUT2D eigenvalue weighted by molar-refractivity contribution is 9.09. The van der Waals surface area contributed by atoms with Crippen LogP contribution in [0.4, 0.5) is 0 Å². The third-order valence-electron chi connectivity index (χ3n) is 4.80. The van der Waals surface area contributed by atoms with Gasteiger partial charge in [-0.3, -0.25) is 0 Å². The maximum Gasteiger partial charge on any atom is 0.00651 e. The summed E-state index contributed by atoms with van der Waals surface area (Å²) in [7, 11) is 0. The molecule has 3 rings (SSSR count). The molecule has 1 heteroatoms. The second kappa shape index (κ2) is 5.14. The van der Waals surface area contributed by atoms with Gasteiger partial charge in [-0.2, -0.15) is 0 Å². The summed E-state index contributed by atoms with van der Waals surface area (Å²) in [4.78, 5) is 0. The van der Waals surface area contributed by atoms with Gasteiger partial charge in [-0.05, 0) is 35.7 Å². The Bertz CT molecular complexity index is 353. The highest BCUT2D eigenvalue weighted by Crippen LogP contribution is 2.56. The zero-order chi connectivity index (χ0) is 11.7. The van der Waals surface area contributed by atoms with Crippen molar-refractivity contribution in [1.29, 1.82) is 0 Å². The first-order chi connectivity index (χ1) is 8.40. The Morgan fingerprint density at radius 1 is 1.12 bits per heavy atom. The molecular formula is C16H21Br. The predicted octanol–water partition coefficient (Wildman–Crippen LogP) is 4.99. The molecule has 0 saturated heterocycles. The van der Waals surface area contributed by atoms with Gasteiger partial charge in [-0.25, -0.2) is 0 Å². The van der Waals surface area contributed by atoms with Crippen LogP contribution in [0.5, 0.6) is 0 Å². The van der Waals surface area contributed by atoms with E-state index in [-0.39, 0.29) is 0 Å². The molecule has 0 amide bonds. The fraction of sp³-hybridized carbons (Fsp3) is 0.625. The fourth-order valence-electron chi connectivity index (χ4n) is 3.75. The average Bonchev–Trinajstić information content (AvgIpc) is 2.97. The summed E-state index contributed by atoms with van der Waals surface area (Å²) >= 11 is 3.77. The molecule has 0 heterocycles. The van der Waals surface area contributed by atoms with Crippen molar-refractivity contribution in [1.82, 2.24) is 0 Å². The molecule has 0 aliphatic heterocycles. The van der Waals surface area contributed by atoms with Crippen molar-refractivity contribution in [3.8, 4) is 0 Å². The van der Waals surface area contributed by atoms with Crippen LogP contribution >= 0.6 is 15.9 Å². The van der Waals surface area contributed by atoms with Crippen LogP contribution in [0.25, 0.3) is 0 Å². The molecule has 1 aromatic rings. The van der Waals surface area contributed by atoms with E-state index in [4.69, 9.17) is 0 Å². The summed E-state index contributed by atoms with van der Waals surface area (Å²) in [6.45, 7) is 0. The van der Waals surface area contributed by atoms with E-state index < -0.39 is 0 Å². The van der Waals surface area contributed by atoms with Crippen LogP contribution in [0, 0.1) is 17.8 Å². The molecule has 92 valence electrons. The van der Waals surface area contributed by atoms with Gasteiger partial charge in [-0.15, -0.1) is 0 Å². The largest absolute Gasteiger partial charge is 0.0925 e. The lowest BCUT2D eigenvalue weighted by Crippen LogP contribution is -2.16. The lowest BCUT2D eigenvalue weighted by atomic mass is 9.87. The summed E-state index contributed by atoms with van der Waals surface area (Å²) in [6, 6.07) is 11.1. The maximum atomic E-state index is 3.77. The van der Waals surface area contributed by atoms with Gasteiger partial charge >= 0.3 is 0 Å². The van der Waals surface area contributed by atoms with Gasteiger partial charge in [0.25, 0.3) is 0 Å². The normalized spacial score (nSPS) is 30.4. The molecule has 0 bridgehead atoms. The van der Waals surface area contributed by atoms with Crippen LogP contribution in [0.2, 0.25) is 0 Å². The highest BCUT2D eigenvalue weighted by atomic mass is 79.9. The van der Waals surface area contributed by atoms with Crippen molar-refractivity contribution in [2.75, 3.05) is 5.33 Å². The van der Waals surface area contributed by atoms with E-state index in [0.29, 0.717) is 0 Å². The summed E-state index contributed by atoms with van der Waals surface area (Å²) in [5.41, 5.74) is 1.57. The molecule has 3 unspecified atom stereocenters. The topological polar surface area (TPSA) is 0 Å². The zero-order valence-corrected chi connectivity index (χ0v) is 11.9. The molecule has 0 N–H and O–H groups in total. The smallest absolute Gasteiger partial charge is 0.00651 e. The van der Waals surface area contributed by atoms with E-state index in [0.717, 1.165) is 23.7 Å². The molecule has 2 fully saturated rings. The van der Waals surface area contributed by atoms with E-state index in [1.165, 1.54) is 37.4 Å². The first-order valence-corrected chi connectivity index (χ1v) is 8.13. The Kier molecular flexibility index (Phi) is 3.56. The van der Waals surface area contributed by atoms with Gasteiger partial charge in [0.05, 0.1) is 0 Å². The van der Waals surface area contributed by atoms with Gasteiger partial charge < -0.3 is 0 Å². The van der Waals surface area contributed by atoms with Gasteiger partial charge in [0.1, 0.15) is 0 Å². The highest BCUT2D eigenvalue weighted by Gasteiger charge is 2.46. The van der Waals surface area contributed by atoms with Crippen LogP contribution in [0.15, 0.2) is 30.3 Å². The second-order valence-corrected chi connectivity index (χ2v) is 6.43. The van der Waals surface area contributed by atoms with Gasteiger partial charge in [-0.1, -0.05) is 71.9 Å².